The van der Waals surface area contributed by atoms with Crippen LogP contribution in [0, 0.1) is 0 Å². The van der Waals surface area contributed by atoms with Gasteiger partial charge in [0.1, 0.15) is 17.6 Å². The summed E-state index contributed by atoms with van der Waals surface area (Å²) >= 11 is -0.757. The van der Waals surface area contributed by atoms with Gasteiger partial charge in [-0.15, -0.1) is 4.33 Å². The van der Waals surface area contributed by atoms with Crippen LogP contribution in [0.15, 0.2) is 0 Å². The molecule has 0 spiro atoms. The van der Waals surface area contributed by atoms with E-state index in [2.05, 4.69) is 14.1 Å². The van der Waals surface area contributed by atoms with E-state index in [4.69, 9.17) is 9.99 Å². The monoisotopic (exact) mass is 330 g/mol. The Hall–Kier alpha value is -0.970. The van der Waals surface area contributed by atoms with Crippen molar-refractivity contribution in [1.29, 1.82) is 0 Å². The van der Waals surface area contributed by atoms with Gasteiger partial charge in [-0.1, -0.05) is 12.0 Å². The van der Waals surface area contributed by atoms with Gasteiger partial charge in [-0.05, 0) is 32.1 Å². The van der Waals surface area contributed by atoms with Crippen molar-refractivity contribution >= 4 is 24.0 Å². The van der Waals surface area contributed by atoms with Gasteiger partial charge < -0.3 is 9.47 Å². The highest BCUT2D eigenvalue weighted by molar-refractivity contribution is 7.96. The summed E-state index contributed by atoms with van der Waals surface area (Å²) in [7, 11) is 0. The quantitative estimate of drug-likeness (QED) is 0.314. The van der Waals surface area contributed by atoms with E-state index < -0.39 is 41.4 Å². The molecule has 0 amide bonds. The van der Waals surface area contributed by atoms with Gasteiger partial charge in [-0.3, -0.25) is 0 Å². The number of esters is 2. The number of hydrogen-bond donors (Lipinski definition) is 1. The van der Waals surface area contributed by atoms with Crippen molar-refractivity contribution in [2.75, 3.05) is 6.61 Å². The van der Waals surface area contributed by atoms with Crippen molar-refractivity contribution in [2.45, 2.75) is 49.9 Å². The number of carbonyl (C=O) groups is 2. The Bertz CT molecular complexity index is 372. The molecule has 1 saturated carbocycles. The minimum absolute atomic E-state index is 0.589. The van der Waals surface area contributed by atoms with Crippen LogP contribution in [0.25, 0.3) is 0 Å². The summed E-state index contributed by atoms with van der Waals surface area (Å²) in [6.07, 6.45) is 3.87. The van der Waals surface area contributed by atoms with Crippen LogP contribution in [0.2, 0.25) is 0 Å². The smallest absolute Gasteiger partial charge is 0.415 e. The Kier molecular flexibility index (Phi) is 6.78. The topological polar surface area (TPSA) is 91.3 Å². The molecule has 0 aliphatic heterocycles. The lowest BCUT2D eigenvalue weighted by Gasteiger charge is -2.27. The number of carbonyl (C=O) groups excluding carboxylic acids is 2. The van der Waals surface area contributed by atoms with Crippen molar-refractivity contribution in [3.8, 4) is 0 Å². The first kappa shape index (κ1) is 18.1. The SMILES string of the molecule is CCC1(OC(=O)COC(=O)C(F)(F)SOOO)CCCC1. The van der Waals surface area contributed by atoms with Gasteiger partial charge in [0, 0.05) is 0 Å². The highest BCUT2D eigenvalue weighted by atomic mass is 32.2. The predicted molar refractivity (Wildman–Crippen MR) is 65.9 cm³/mol. The van der Waals surface area contributed by atoms with Crippen molar-refractivity contribution in [2.24, 2.45) is 0 Å². The molecule has 0 heterocycles. The maximum atomic E-state index is 13.0. The van der Waals surface area contributed by atoms with Gasteiger partial charge in [-0.2, -0.15) is 8.78 Å². The highest BCUT2D eigenvalue weighted by Gasteiger charge is 2.45. The van der Waals surface area contributed by atoms with Gasteiger partial charge in [-0.25, -0.2) is 14.8 Å². The van der Waals surface area contributed by atoms with Crippen LogP contribution in [0.1, 0.15) is 39.0 Å². The molecule has 10 heteroatoms. The van der Waals surface area contributed by atoms with Crippen LogP contribution >= 0.6 is 12.0 Å². The summed E-state index contributed by atoms with van der Waals surface area (Å²) in [4.78, 5) is 22.6. The number of rotatable bonds is 8. The molecule has 1 aliphatic carbocycles. The Morgan fingerprint density at radius 2 is 1.95 bits per heavy atom. The molecular formula is C11H16F2O7S. The molecule has 1 fully saturated rings. The minimum atomic E-state index is -4.13. The number of alkyl halides is 2. The lowest BCUT2D eigenvalue weighted by molar-refractivity contribution is -0.433. The van der Waals surface area contributed by atoms with E-state index in [1.807, 2.05) is 6.92 Å². The minimum Gasteiger partial charge on any atom is -0.457 e. The normalized spacial score (nSPS) is 17.5. The molecule has 1 N–H and O–H groups in total. The van der Waals surface area contributed by atoms with Crippen LogP contribution in [0.4, 0.5) is 8.78 Å². The maximum absolute atomic E-state index is 13.0. The van der Waals surface area contributed by atoms with E-state index in [9.17, 15) is 18.4 Å². The lowest BCUT2D eigenvalue weighted by atomic mass is 9.99. The molecule has 7 nitrogen and oxygen atoms in total. The molecular weight excluding hydrogens is 314 g/mol. The van der Waals surface area contributed by atoms with E-state index in [0.717, 1.165) is 12.8 Å². The number of ether oxygens (including phenoxy) is 2. The third-order valence-electron chi connectivity index (χ3n) is 3.22. The third-order valence-corrected chi connectivity index (χ3v) is 3.72. The van der Waals surface area contributed by atoms with E-state index >= 15 is 0 Å². The highest BCUT2D eigenvalue weighted by Crippen LogP contribution is 2.36. The Balaban J connectivity index is 2.40. The second-order valence-electron chi connectivity index (χ2n) is 4.54. The van der Waals surface area contributed by atoms with Crippen LogP contribution in [-0.4, -0.2) is 34.7 Å². The molecule has 0 radical (unpaired) electrons. The molecule has 0 unspecified atom stereocenters. The molecule has 0 bridgehead atoms. The maximum Gasteiger partial charge on any atom is 0.415 e. The van der Waals surface area contributed by atoms with Crippen molar-refractivity contribution in [3.05, 3.63) is 0 Å². The van der Waals surface area contributed by atoms with E-state index in [1.165, 1.54) is 0 Å². The molecule has 0 atom stereocenters. The van der Waals surface area contributed by atoms with Gasteiger partial charge in [0.15, 0.2) is 6.61 Å². The van der Waals surface area contributed by atoms with E-state index in [1.54, 1.807) is 0 Å². The average molecular weight is 330 g/mol. The summed E-state index contributed by atoms with van der Waals surface area (Å²) in [6, 6.07) is 0. The molecule has 21 heavy (non-hydrogen) atoms. The third kappa shape index (κ3) is 5.38. The Labute approximate surface area is 123 Å². The van der Waals surface area contributed by atoms with Crippen LogP contribution in [0.3, 0.4) is 0 Å². The van der Waals surface area contributed by atoms with Gasteiger partial charge in [0.25, 0.3) is 0 Å². The molecule has 0 aromatic carbocycles. The molecule has 1 rings (SSSR count). The fourth-order valence-electron chi connectivity index (χ4n) is 2.12. The first-order valence-electron chi connectivity index (χ1n) is 6.28. The second kappa shape index (κ2) is 7.87. The molecule has 0 aromatic heterocycles. The van der Waals surface area contributed by atoms with Crippen molar-refractivity contribution < 1.29 is 42.5 Å². The fraction of sp³-hybridized carbons (Fsp3) is 0.818. The molecule has 0 saturated heterocycles. The summed E-state index contributed by atoms with van der Waals surface area (Å²) in [5, 5.41) is 6.57. The first-order valence-corrected chi connectivity index (χ1v) is 7.02. The van der Waals surface area contributed by atoms with Crippen molar-refractivity contribution in [1.82, 2.24) is 0 Å². The number of halogens is 2. The summed E-state index contributed by atoms with van der Waals surface area (Å²) in [5.41, 5.74) is -0.589. The van der Waals surface area contributed by atoms with E-state index in [-0.39, 0.29) is 0 Å². The predicted octanol–water partition coefficient (Wildman–Crippen LogP) is 2.46. The summed E-state index contributed by atoms with van der Waals surface area (Å²) < 4.78 is 38.9. The summed E-state index contributed by atoms with van der Waals surface area (Å²) in [6.45, 7) is 0.943. The molecule has 1 aliphatic rings. The van der Waals surface area contributed by atoms with Gasteiger partial charge in [0.05, 0.1) is 0 Å². The van der Waals surface area contributed by atoms with Crippen LogP contribution < -0.4 is 0 Å². The zero-order valence-corrected chi connectivity index (χ0v) is 12.1. The first-order chi connectivity index (χ1) is 9.85. The Morgan fingerprint density at radius 1 is 1.33 bits per heavy atom. The zero-order valence-electron chi connectivity index (χ0n) is 11.3. The molecule has 0 aromatic rings. The van der Waals surface area contributed by atoms with Crippen LogP contribution in [-0.2, 0) is 28.4 Å². The number of hydrogen-bond acceptors (Lipinski definition) is 8. The zero-order chi connectivity index (χ0) is 15.9. The average Bonchev–Trinajstić information content (AvgIpc) is 2.91. The largest absolute Gasteiger partial charge is 0.457 e. The van der Waals surface area contributed by atoms with Crippen molar-refractivity contribution in [3.63, 3.8) is 0 Å². The summed E-state index contributed by atoms with van der Waals surface area (Å²) in [5.74, 6) is -2.88. The Morgan fingerprint density at radius 3 is 2.48 bits per heavy atom. The van der Waals surface area contributed by atoms with Gasteiger partial charge >= 0.3 is 17.2 Å². The molecule has 122 valence electrons. The van der Waals surface area contributed by atoms with Gasteiger partial charge in [0.2, 0.25) is 0 Å². The van der Waals surface area contributed by atoms with E-state index in [0.29, 0.717) is 19.3 Å². The lowest BCUT2D eigenvalue weighted by Crippen LogP contribution is -2.35. The standard InChI is InChI=1S/C11H16F2O7S/c1-2-10(5-3-4-6-10)18-8(14)7-17-9(15)11(12,13)21-20-19-16/h16H,2-7H2,1H3. The fourth-order valence-corrected chi connectivity index (χ4v) is 2.36. The van der Waals surface area contributed by atoms with Crippen LogP contribution in [0.5, 0.6) is 0 Å². The second-order valence-corrected chi connectivity index (χ2v) is 5.35.